The van der Waals surface area contributed by atoms with Gasteiger partial charge in [-0.05, 0) is 24.3 Å². The highest BCUT2D eigenvalue weighted by Gasteiger charge is 2.15. The van der Waals surface area contributed by atoms with E-state index in [2.05, 4.69) is 17.2 Å². The predicted octanol–water partition coefficient (Wildman–Crippen LogP) is 2.07. The molecule has 0 aliphatic rings. The Morgan fingerprint density at radius 2 is 1.82 bits per heavy atom. The van der Waals surface area contributed by atoms with Gasteiger partial charge in [-0.15, -0.1) is 18.3 Å². The summed E-state index contributed by atoms with van der Waals surface area (Å²) in [5.74, 6) is 1.13. The Kier molecular flexibility index (Phi) is 8.58. The molecule has 0 bridgehead atoms. The van der Waals surface area contributed by atoms with Crippen molar-refractivity contribution in [3.05, 3.63) is 61.2 Å². The number of nitrogens with one attached hydrogen (secondary N) is 3. The third-order valence-corrected chi connectivity index (χ3v) is 4.87. The van der Waals surface area contributed by atoms with E-state index in [9.17, 15) is 9.59 Å². The number of carbonyl (C=O) groups is 2. The van der Waals surface area contributed by atoms with Crippen molar-refractivity contribution in [3.8, 4) is 5.75 Å². The molecule has 0 radical (unpaired) electrons. The molecule has 0 aliphatic heterocycles. The Labute approximate surface area is 170 Å². The van der Waals surface area contributed by atoms with Gasteiger partial charge in [0.1, 0.15) is 5.75 Å². The molecule has 2 aromatic carbocycles. The standard InChI is InChI=1S/C21H25N3O3S/c1-4-12-28-19-11-6-5-10-18(19)23-21(26)15-24(2)14-20(25)22-16-8-7-9-17(13-16)27-3/h4-11,13H,1,12,14-15H2,2-3H3,(H,22,25)(H,23,26)/p+1. The first-order chi connectivity index (χ1) is 13.5. The number of amides is 2. The van der Waals surface area contributed by atoms with E-state index in [1.807, 2.05) is 43.5 Å². The molecule has 1 unspecified atom stereocenters. The van der Waals surface area contributed by atoms with Gasteiger partial charge in [0.25, 0.3) is 11.8 Å². The van der Waals surface area contributed by atoms with Crippen LogP contribution in [0.2, 0.25) is 0 Å². The van der Waals surface area contributed by atoms with Gasteiger partial charge in [-0.3, -0.25) is 9.59 Å². The summed E-state index contributed by atoms with van der Waals surface area (Å²) in [6.45, 7) is 4.08. The number of thioether (sulfide) groups is 1. The quantitative estimate of drug-likeness (QED) is 0.422. The summed E-state index contributed by atoms with van der Waals surface area (Å²) in [5, 5.41) is 5.74. The molecule has 0 spiro atoms. The minimum atomic E-state index is -0.166. The SMILES string of the molecule is C=CCSc1ccccc1NC(=O)C[NH+](C)CC(=O)Nc1cccc(OC)c1. The van der Waals surface area contributed by atoms with E-state index < -0.39 is 0 Å². The summed E-state index contributed by atoms with van der Waals surface area (Å²) in [6, 6.07) is 14.8. The van der Waals surface area contributed by atoms with Crippen LogP contribution >= 0.6 is 11.8 Å². The lowest BCUT2D eigenvalue weighted by molar-refractivity contribution is -0.862. The fraction of sp³-hybridized carbons (Fsp3) is 0.238. The number of hydrogen-bond donors (Lipinski definition) is 3. The van der Waals surface area contributed by atoms with Gasteiger partial charge >= 0.3 is 0 Å². The van der Waals surface area contributed by atoms with E-state index in [0.29, 0.717) is 11.4 Å². The van der Waals surface area contributed by atoms with Crippen LogP contribution in [0.5, 0.6) is 5.75 Å². The maximum Gasteiger partial charge on any atom is 0.279 e. The Morgan fingerprint density at radius 3 is 2.54 bits per heavy atom. The molecule has 0 saturated carbocycles. The van der Waals surface area contributed by atoms with E-state index in [-0.39, 0.29) is 24.9 Å². The third kappa shape index (κ3) is 7.09. The molecule has 0 aliphatic carbocycles. The molecule has 6 nitrogen and oxygen atoms in total. The van der Waals surface area contributed by atoms with Gasteiger partial charge in [0, 0.05) is 22.4 Å². The minimum absolute atomic E-state index is 0.140. The van der Waals surface area contributed by atoms with Crippen molar-refractivity contribution in [2.75, 3.05) is 43.6 Å². The number of carbonyl (C=O) groups excluding carboxylic acids is 2. The van der Waals surface area contributed by atoms with E-state index in [1.54, 1.807) is 37.1 Å². The van der Waals surface area contributed by atoms with Gasteiger partial charge < -0.3 is 20.3 Å². The lowest BCUT2D eigenvalue weighted by Crippen LogP contribution is -3.11. The molecule has 2 amide bonds. The highest BCUT2D eigenvalue weighted by Crippen LogP contribution is 2.26. The molecule has 1 atom stereocenters. The first kappa shape index (κ1) is 21.5. The summed E-state index contributed by atoms with van der Waals surface area (Å²) in [6.07, 6.45) is 1.82. The van der Waals surface area contributed by atoms with Crippen LogP contribution in [0, 0.1) is 0 Å². The summed E-state index contributed by atoms with van der Waals surface area (Å²) in [7, 11) is 3.38. The molecule has 28 heavy (non-hydrogen) atoms. The Morgan fingerprint density at radius 1 is 1.11 bits per heavy atom. The van der Waals surface area contributed by atoms with Gasteiger partial charge in [-0.25, -0.2) is 0 Å². The Balaban J connectivity index is 1.85. The van der Waals surface area contributed by atoms with Crippen molar-refractivity contribution < 1.29 is 19.2 Å². The first-order valence-corrected chi connectivity index (χ1v) is 9.88. The number of para-hydroxylation sites is 1. The third-order valence-electron chi connectivity index (χ3n) is 3.80. The summed E-state index contributed by atoms with van der Waals surface area (Å²) in [4.78, 5) is 26.4. The normalized spacial score (nSPS) is 11.4. The van der Waals surface area contributed by atoms with Gasteiger partial charge in [0.2, 0.25) is 0 Å². The molecule has 7 heteroatoms. The van der Waals surface area contributed by atoms with Gasteiger partial charge in [-0.1, -0.05) is 24.3 Å². The van der Waals surface area contributed by atoms with Crippen molar-refractivity contribution in [1.29, 1.82) is 0 Å². The highest BCUT2D eigenvalue weighted by atomic mass is 32.2. The van der Waals surface area contributed by atoms with Crippen LogP contribution in [0.25, 0.3) is 0 Å². The van der Waals surface area contributed by atoms with Crippen LogP contribution in [-0.2, 0) is 9.59 Å². The van der Waals surface area contributed by atoms with Gasteiger partial charge in [0.05, 0.1) is 19.8 Å². The number of hydrogen-bond acceptors (Lipinski definition) is 4. The number of benzene rings is 2. The molecule has 148 valence electrons. The summed E-state index contributed by atoms with van der Waals surface area (Å²) >= 11 is 1.61. The molecule has 0 heterocycles. The zero-order chi connectivity index (χ0) is 20.4. The number of anilines is 2. The van der Waals surface area contributed by atoms with Crippen LogP contribution in [0.15, 0.2) is 66.1 Å². The number of ether oxygens (including phenoxy) is 1. The average Bonchev–Trinajstić information content (AvgIpc) is 2.67. The maximum absolute atomic E-state index is 12.4. The second kappa shape index (κ2) is 11.2. The molecule has 2 aromatic rings. The Hall–Kier alpha value is -2.77. The summed E-state index contributed by atoms with van der Waals surface area (Å²) in [5.41, 5.74) is 1.43. The van der Waals surface area contributed by atoms with E-state index in [1.165, 1.54) is 0 Å². The van der Waals surface area contributed by atoms with Crippen molar-refractivity contribution >= 4 is 35.0 Å². The number of likely N-dealkylation sites (N-methyl/N-ethyl adjacent to an activating group) is 1. The van der Waals surface area contributed by atoms with E-state index in [0.717, 1.165) is 21.2 Å². The molecule has 0 saturated heterocycles. The first-order valence-electron chi connectivity index (χ1n) is 8.89. The average molecular weight is 401 g/mol. The predicted molar refractivity (Wildman–Crippen MR) is 114 cm³/mol. The fourth-order valence-corrected chi connectivity index (χ4v) is 3.30. The van der Waals surface area contributed by atoms with Crippen LogP contribution in [0.1, 0.15) is 0 Å². The second-order valence-corrected chi connectivity index (χ2v) is 7.30. The van der Waals surface area contributed by atoms with E-state index in [4.69, 9.17) is 4.74 Å². The minimum Gasteiger partial charge on any atom is -0.497 e. The second-order valence-electron chi connectivity index (χ2n) is 6.23. The molecule has 3 N–H and O–H groups in total. The molecular formula is C21H26N3O3S+. The van der Waals surface area contributed by atoms with Crippen molar-refractivity contribution in [2.24, 2.45) is 0 Å². The van der Waals surface area contributed by atoms with Gasteiger partial charge in [-0.2, -0.15) is 0 Å². The lowest BCUT2D eigenvalue weighted by Gasteiger charge is -2.15. The molecule has 0 aromatic heterocycles. The van der Waals surface area contributed by atoms with Gasteiger partial charge in [0.15, 0.2) is 13.1 Å². The van der Waals surface area contributed by atoms with Crippen molar-refractivity contribution in [1.82, 2.24) is 0 Å². The smallest absolute Gasteiger partial charge is 0.279 e. The largest absolute Gasteiger partial charge is 0.497 e. The number of rotatable bonds is 10. The van der Waals surface area contributed by atoms with Crippen LogP contribution in [0.3, 0.4) is 0 Å². The highest BCUT2D eigenvalue weighted by molar-refractivity contribution is 7.99. The monoisotopic (exact) mass is 400 g/mol. The number of methoxy groups -OCH3 is 1. The number of quaternary nitrogens is 1. The molecule has 2 rings (SSSR count). The van der Waals surface area contributed by atoms with Crippen molar-refractivity contribution in [2.45, 2.75) is 4.90 Å². The molecular weight excluding hydrogens is 374 g/mol. The fourth-order valence-electron chi connectivity index (χ4n) is 2.56. The zero-order valence-corrected chi connectivity index (χ0v) is 17.0. The maximum atomic E-state index is 12.4. The summed E-state index contributed by atoms with van der Waals surface area (Å²) < 4.78 is 5.14. The lowest BCUT2D eigenvalue weighted by atomic mass is 10.3. The van der Waals surface area contributed by atoms with Crippen LogP contribution < -0.4 is 20.3 Å². The zero-order valence-electron chi connectivity index (χ0n) is 16.2. The van der Waals surface area contributed by atoms with E-state index >= 15 is 0 Å². The topological polar surface area (TPSA) is 71.9 Å². The van der Waals surface area contributed by atoms with Crippen LogP contribution in [0.4, 0.5) is 11.4 Å². The van der Waals surface area contributed by atoms with Crippen LogP contribution in [-0.4, -0.2) is 44.8 Å². The van der Waals surface area contributed by atoms with Crippen molar-refractivity contribution in [3.63, 3.8) is 0 Å². The Bertz CT molecular complexity index is 826. The molecule has 0 fully saturated rings.